The van der Waals surface area contributed by atoms with Crippen LogP contribution in [-0.4, -0.2) is 36.7 Å². The van der Waals surface area contributed by atoms with Gasteiger partial charge >= 0.3 is 0 Å². The summed E-state index contributed by atoms with van der Waals surface area (Å²) in [4.78, 5) is 2.49. The molecular weight excluding hydrogens is 212 g/mol. The lowest BCUT2D eigenvalue weighted by Gasteiger charge is -2.37. The Kier molecular flexibility index (Phi) is 4.82. The second kappa shape index (κ2) is 6.37. The van der Waals surface area contributed by atoms with E-state index in [2.05, 4.69) is 17.9 Å². The quantitative estimate of drug-likeness (QED) is 0.752. The molecule has 0 amide bonds. The molecule has 2 rings (SSSR count). The van der Waals surface area contributed by atoms with Crippen molar-refractivity contribution in [3.05, 3.63) is 0 Å². The molecule has 0 aromatic rings. The van der Waals surface area contributed by atoms with Crippen molar-refractivity contribution in [2.75, 3.05) is 19.7 Å². The Morgan fingerprint density at radius 2 is 2.06 bits per heavy atom. The van der Waals surface area contributed by atoms with Crippen molar-refractivity contribution >= 4 is 0 Å². The molecule has 0 aromatic carbocycles. The maximum absolute atomic E-state index is 9.26. The predicted molar refractivity (Wildman–Crippen MR) is 67.6 cm³/mol. The van der Waals surface area contributed by atoms with E-state index >= 15 is 0 Å². The second-order valence-corrected chi connectivity index (χ2v) is 5.31. The number of hydrogen-bond donors (Lipinski definition) is 0. The van der Waals surface area contributed by atoms with Crippen molar-refractivity contribution in [1.29, 1.82) is 5.26 Å². The van der Waals surface area contributed by atoms with Gasteiger partial charge in [0.15, 0.2) is 0 Å². The number of likely N-dealkylation sites (N-methyl/N-ethyl adjacent to an activating group) is 1. The zero-order valence-corrected chi connectivity index (χ0v) is 10.9. The third-order valence-corrected chi connectivity index (χ3v) is 4.23. The van der Waals surface area contributed by atoms with E-state index in [1.165, 1.54) is 32.1 Å². The minimum atomic E-state index is 0.241. The van der Waals surface area contributed by atoms with E-state index in [0.29, 0.717) is 12.1 Å². The Balaban J connectivity index is 1.93. The number of nitrogens with zero attached hydrogens (tertiary/aromatic N) is 2. The Labute approximate surface area is 105 Å². The normalized spacial score (nSPS) is 33.8. The molecule has 3 atom stereocenters. The smallest absolute Gasteiger partial charge is 0.0702 e. The van der Waals surface area contributed by atoms with Crippen LogP contribution in [0.3, 0.4) is 0 Å². The van der Waals surface area contributed by atoms with Gasteiger partial charge in [-0.2, -0.15) is 5.26 Å². The first kappa shape index (κ1) is 12.9. The summed E-state index contributed by atoms with van der Waals surface area (Å²) in [5.41, 5.74) is 0. The Bertz CT molecular complexity index is 268. The summed E-state index contributed by atoms with van der Waals surface area (Å²) in [5.74, 6) is 0.241. The summed E-state index contributed by atoms with van der Waals surface area (Å²) in [5, 5.41) is 9.26. The first-order valence-electron chi connectivity index (χ1n) is 7.10. The number of rotatable bonds is 4. The lowest BCUT2D eigenvalue weighted by atomic mass is 9.84. The summed E-state index contributed by atoms with van der Waals surface area (Å²) in [6, 6.07) is 2.99. The van der Waals surface area contributed by atoms with Gasteiger partial charge in [0.05, 0.1) is 18.1 Å². The van der Waals surface area contributed by atoms with E-state index in [1.54, 1.807) is 0 Å². The van der Waals surface area contributed by atoms with Crippen LogP contribution in [-0.2, 0) is 4.74 Å². The van der Waals surface area contributed by atoms with Crippen molar-refractivity contribution in [2.45, 2.75) is 57.6 Å². The molecule has 0 aromatic heterocycles. The van der Waals surface area contributed by atoms with Crippen LogP contribution >= 0.6 is 0 Å². The Morgan fingerprint density at radius 1 is 1.24 bits per heavy atom. The molecule has 3 nitrogen and oxygen atoms in total. The maximum atomic E-state index is 9.26. The molecule has 2 fully saturated rings. The Morgan fingerprint density at radius 3 is 2.71 bits per heavy atom. The molecule has 3 unspecified atom stereocenters. The topological polar surface area (TPSA) is 36.3 Å². The molecule has 1 aliphatic carbocycles. The highest BCUT2D eigenvalue weighted by Gasteiger charge is 2.31. The lowest BCUT2D eigenvalue weighted by Crippen LogP contribution is -2.45. The standard InChI is InChI=1S/C14H24N2O/c1-2-16(11-13-7-5-9-17-13)14-8-4-3-6-12(14)10-15/h12-14H,2-9,11H2,1H3. The van der Waals surface area contributed by atoms with Gasteiger partial charge in [0, 0.05) is 19.2 Å². The van der Waals surface area contributed by atoms with E-state index in [-0.39, 0.29) is 5.92 Å². The van der Waals surface area contributed by atoms with Crippen LogP contribution in [0.4, 0.5) is 0 Å². The van der Waals surface area contributed by atoms with Crippen molar-refractivity contribution < 1.29 is 4.74 Å². The minimum Gasteiger partial charge on any atom is -0.377 e. The second-order valence-electron chi connectivity index (χ2n) is 5.31. The van der Waals surface area contributed by atoms with Gasteiger partial charge in [-0.15, -0.1) is 0 Å². The van der Waals surface area contributed by atoms with Crippen LogP contribution in [0.5, 0.6) is 0 Å². The fraction of sp³-hybridized carbons (Fsp3) is 0.929. The van der Waals surface area contributed by atoms with Crippen molar-refractivity contribution in [2.24, 2.45) is 5.92 Å². The van der Waals surface area contributed by atoms with Crippen LogP contribution in [0.1, 0.15) is 45.4 Å². The van der Waals surface area contributed by atoms with Crippen LogP contribution in [0.2, 0.25) is 0 Å². The van der Waals surface area contributed by atoms with Gasteiger partial charge in [-0.25, -0.2) is 0 Å². The molecule has 0 radical (unpaired) electrons. The number of hydrogen-bond acceptors (Lipinski definition) is 3. The zero-order chi connectivity index (χ0) is 12.1. The van der Waals surface area contributed by atoms with Crippen LogP contribution in [0.15, 0.2) is 0 Å². The molecule has 17 heavy (non-hydrogen) atoms. The summed E-state index contributed by atoms with van der Waals surface area (Å²) in [6.07, 6.45) is 7.60. The summed E-state index contributed by atoms with van der Waals surface area (Å²) in [6.45, 7) is 5.20. The van der Waals surface area contributed by atoms with Crippen LogP contribution < -0.4 is 0 Å². The van der Waals surface area contributed by atoms with Gasteiger partial charge in [-0.05, 0) is 32.2 Å². The van der Waals surface area contributed by atoms with Crippen LogP contribution in [0, 0.1) is 17.2 Å². The van der Waals surface area contributed by atoms with Gasteiger partial charge in [-0.3, -0.25) is 4.90 Å². The summed E-state index contributed by atoms with van der Waals surface area (Å²) >= 11 is 0. The van der Waals surface area contributed by atoms with Gasteiger partial charge in [0.2, 0.25) is 0 Å². The average Bonchev–Trinajstić information content (AvgIpc) is 2.89. The SMILES string of the molecule is CCN(CC1CCCO1)C1CCCCC1C#N. The van der Waals surface area contributed by atoms with E-state index in [1.807, 2.05) is 0 Å². The molecule has 1 heterocycles. The van der Waals surface area contributed by atoms with Gasteiger partial charge in [0.1, 0.15) is 0 Å². The lowest BCUT2D eigenvalue weighted by molar-refractivity contribution is 0.0424. The number of ether oxygens (including phenoxy) is 1. The molecule has 0 bridgehead atoms. The highest BCUT2D eigenvalue weighted by atomic mass is 16.5. The summed E-state index contributed by atoms with van der Waals surface area (Å²) in [7, 11) is 0. The van der Waals surface area contributed by atoms with Crippen molar-refractivity contribution in [3.8, 4) is 6.07 Å². The Hall–Kier alpha value is -0.590. The van der Waals surface area contributed by atoms with E-state index in [9.17, 15) is 5.26 Å². The molecule has 0 N–H and O–H groups in total. The third-order valence-electron chi connectivity index (χ3n) is 4.23. The van der Waals surface area contributed by atoms with Gasteiger partial charge in [-0.1, -0.05) is 19.8 Å². The first-order chi connectivity index (χ1) is 8.35. The van der Waals surface area contributed by atoms with Crippen LogP contribution in [0.25, 0.3) is 0 Å². The average molecular weight is 236 g/mol. The molecule has 1 aliphatic heterocycles. The monoisotopic (exact) mass is 236 g/mol. The molecule has 3 heteroatoms. The van der Waals surface area contributed by atoms with Gasteiger partial charge < -0.3 is 4.74 Å². The van der Waals surface area contributed by atoms with E-state index < -0.39 is 0 Å². The predicted octanol–water partition coefficient (Wildman–Crippen LogP) is 2.57. The molecule has 1 saturated carbocycles. The van der Waals surface area contributed by atoms with Crippen molar-refractivity contribution in [3.63, 3.8) is 0 Å². The molecule has 96 valence electrons. The minimum absolute atomic E-state index is 0.241. The fourth-order valence-corrected chi connectivity index (χ4v) is 3.25. The number of nitriles is 1. The third kappa shape index (κ3) is 3.20. The molecule has 2 aliphatic rings. The highest BCUT2D eigenvalue weighted by Crippen LogP contribution is 2.29. The zero-order valence-electron chi connectivity index (χ0n) is 10.9. The molecule has 1 saturated heterocycles. The van der Waals surface area contributed by atoms with Gasteiger partial charge in [0.25, 0.3) is 0 Å². The van der Waals surface area contributed by atoms with Crippen molar-refractivity contribution in [1.82, 2.24) is 4.90 Å². The maximum Gasteiger partial charge on any atom is 0.0702 e. The molecule has 0 spiro atoms. The highest BCUT2D eigenvalue weighted by molar-refractivity contribution is 4.96. The first-order valence-corrected chi connectivity index (χ1v) is 7.10. The largest absolute Gasteiger partial charge is 0.377 e. The van der Waals surface area contributed by atoms with E-state index in [4.69, 9.17) is 4.74 Å². The fourth-order valence-electron chi connectivity index (χ4n) is 3.25. The van der Waals surface area contributed by atoms with E-state index in [0.717, 1.165) is 26.1 Å². The summed E-state index contributed by atoms with van der Waals surface area (Å²) < 4.78 is 5.72. The molecular formula is C14H24N2O.